The first-order chi connectivity index (χ1) is 13.7. The van der Waals surface area contributed by atoms with E-state index in [4.69, 9.17) is 4.74 Å². The highest BCUT2D eigenvalue weighted by atomic mass is 32.2. The SMILES string of the molecule is CN(C)c1ccc(/C=C/C23OCCN2c2ccc(CS(=O)O)cc2C3(C)C)cc1. The smallest absolute Gasteiger partial charge is 0.170 e. The molecule has 1 N–H and O–H groups in total. The second-order valence-electron chi connectivity index (χ2n) is 8.46. The van der Waals surface area contributed by atoms with Crippen molar-refractivity contribution in [1.29, 1.82) is 0 Å². The molecule has 1 saturated heterocycles. The molecule has 2 unspecified atom stereocenters. The average Bonchev–Trinajstić information content (AvgIpc) is 3.17. The van der Waals surface area contributed by atoms with E-state index in [1.807, 2.05) is 20.2 Å². The summed E-state index contributed by atoms with van der Waals surface area (Å²) in [6.07, 6.45) is 4.31. The molecule has 0 saturated carbocycles. The third kappa shape index (κ3) is 3.29. The van der Waals surface area contributed by atoms with Gasteiger partial charge in [-0.05, 0) is 41.0 Å². The van der Waals surface area contributed by atoms with Crippen LogP contribution in [0.1, 0.15) is 30.5 Å². The van der Waals surface area contributed by atoms with Gasteiger partial charge >= 0.3 is 0 Å². The molecule has 154 valence electrons. The highest BCUT2D eigenvalue weighted by Crippen LogP contribution is 2.55. The number of rotatable bonds is 5. The number of nitrogens with zero attached hydrogens (tertiary/aromatic N) is 2. The van der Waals surface area contributed by atoms with Gasteiger partial charge in [-0.3, -0.25) is 0 Å². The molecule has 0 aliphatic carbocycles. The van der Waals surface area contributed by atoms with E-state index < -0.39 is 16.8 Å². The van der Waals surface area contributed by atoms with E-state index in [1.165, 1.54) is 5.69 Å². The highest BCUT2D eigenvalue weighted by molar-refractivity contribution is 7.78. The van der Waals surface area contributed by atoms with Crippen LogP contribution >= 0.6 is 0 Å². The predicted molar refractivity (Wildman–Crippen MR) is 120 cm³/mol. The number of benzene rings is 2. The van der Waals surface area contributed by atoms with Gasteiger partial charge in [-0.2, -0.15) is 0 Å². The minimum absolute atomic E-state index is 0.144. The van der Waals surface area contributed by atoms with Crippen molar-refractivity contribution in [3.8, 4) is 0 Å². The van der Waals surface area contributed by atoms with Gasteiger partial charge in [-0.1, -0.05) is 44.2 Å². The molecule has 2 aromatic carbocycles. The van der Waals surface area contributed by atoms with Crippen LogP contribution in [0.5, 0.6) is 0 Å². The van der Waals surface area contributed by atoms with Crippen molar-refractivity contribution < 1.29 is 13.5 Å². The highest BCUT2D eigenvalue weighted by Gasteiger charge is 2.59. The molecule has 29 heavy (non-hydrogen) atoms. The Labute approximate surface area is 175 Å². The zero-order chi connectivity index (χ0) is 20.8. The van der Waals surface area contributed by atoms with Crippen LogP contribution < -0.4 is 9.80 Å². The van der Waals surface area contributed by atoms with Gasteiger partial charge in [0, 0.05) is 37.4 Å². The molecule has 0 aromatic heterocycles. The fourth-order valence-corrected chi connectivity index (χ4v) is 5.00. The lowest BCUT2D eigenvalue weighted by molar-refractivity contribution is 0.000328. The Morgan fingerprint density at radius 1 is 1.21 bits per heavy atom. The van der Waals surface area contributed by atoms with Crippen molar-refractivity contribution in [3.05, 3.63) is 65.2 Å². The minimum atomic E-state index is -1.85. The summed E-state index contributed by atoms with van der Waals surface area (Å²) in [6, 6.07) is 14.5. The maximum atomic E-state index is 11.3. The molecule has 0 spiro atoms. The quantitative estimate of drug-likeness (QED) is 0.752. The molecule has 5 nitrogen and oxygen atoms in total. The zero-order valence-electron chi connectivity index (χ0n) is 17.4. The molecular formula is C23H28N2O3S. The van der Waals surface area contributed by atoms with Crippen LogP contribution in [0.2, 0.25) is 0 Å². The summed E-state index contributed by atoms with van der Waals surface area (Å²) in [4.78, 5) is 4.41. The van der Waals surface area contributed by atoms with Crippen molar-refractivity contribution >= 4 is 28.5 Å². The predicted octanol–water partition coefficient (Wildman–Crippen LogP) is 4.01. The van der Waals surface area contributed by atoms with E-state index in [2.05, 4.69) is 72.2 Å². The maximum absolute atomic E-state index is 11.3. The summed E-state index contributed by atoms with van der Waals surface area (Å²) in [5, 5.41) is 0. The van der Waals surface area contributed by atoms with Crippen molar-refractivity contribution in [2.75, 3.05) is 37.0 Å². The maximum Gasteiger partial charge on any atom is 0.170 e. The van der Waals surface area contributed by atoms with Crippen LogP contribution in [-0.2, 0) is 27.0 Å². The van der Waals surface area contributed by atoms with Crippen LogP contribution in [0.3, 0.4) is 0 Å². The fraction of sp³-hybridized carbons (Fsp3) is 0.391. The fourth-order valence-electron chi connectivity index (χ4n) is 4.54. The summed E-state index contributed by atoms with van der Waals surface area (Å²) >= 11 is -1.85. The van der Waals surface area contributed by atoms with Crippen LogP contribution in [0, 0.1) is 0 Å². The summed E-state index contributed by atoms with van der Waals surface area (Å²) in [6.45, 7) is 5.88. The standard InChI is InChI=1S/C23H28N2O3S/c1-22(2)20-15-18(16-29(26)27)7-10-21(20)25-13-14-28-23(22,25)12-11-17-5-8-19(9-6-17)24(3)4/h5-12,15H,13-14,16H2,1-4H3,(H,26,27)/b12-11+. The van der Waals surface area contributed by atoms with Crippen LogP contribution in [0.4, 0.5) is 11.4 Å². The van der Waals surface area contributed by atoms with Crippen LogP contribution in [-0.4, -0.2) is 41.7 Å². The van der Waals surface area contributed by atoms with Gasteiger partial charge in [0.05, 0.1) is 12.4 Å². The molecular weight excluding hydrogens is 384 g/mol. The van der Waals surface area contributed by atoms with E-state index in [0.717, 1.165) is 28.9 Å². The van der Waals surface area contributed by atoms with Crippen LogP contribution in [0.25, 0.3) is 6.08 Å². The molecule has 0 bridgehead atoms. The van der Waals surface area contributed by atoms with Gasteiger partial charge in [-0.25, -0.2) is 4.21 Å². The molecule has 2 atom stereocenters. The van der Waals surface area contributed by atoms with Crippen molar-refractivity contribution in [2.45, 2.75) is 30.7 Å². The summed E-state index contributed by atoms with van der Waals surface area (Å²) in [5.41, 5.74) is 4.61. The Hall–Kier alpha value is -2.15. The number of hydrogen-bond donors (Lipinski definition) is 1. The first-order valence-electron chi connectivity index (χ1n) is 9.84. The monoisotopic (exact) mass is 412 g/mol. The topological polar surface area (TPSA) is 53.0 Å². The van der Waals surface area contributed by atoms with E-state index in [0.29, 0.717) is 6.61 Å². The lowest BCUT2D eigenvalue weighted by atomic mass is 9.77. The van der Waals surface area contributed by atoms with Gasteiger partial charge < -0.3 is 19.1 Å². The number of anilines is 2. The molecule has 0 radical (unpaired) electrons. The van der Waals surface area contributed by atoms with Crippen molar-refractivity contribution in [3.63, 3.8) is 0 Å². The number of ether oxygens (including phenoxy) is 1. The molecule has 2 aromatic rings. The van der Waals surface area contributed by atoms with Gasteiger partial charge in [0.1, 0.15) is 0 Å². The summed E-state index contributed by atoms with van der Waals surface area (Å²) in [7, 11) is 4.07. The van der Waals surface area contributed by atoms with E-state index >= 15 is 0 Å². The second-order valence-corrected chi connectivity index (χ2v) is 9.39. The van der Waals surface area contributed by atoms with Gasteiger partial charge in [0.15, 0.2) is 16.8 Å². The minimum Gasteiger partial charge on any atom is -0.378 e. The Morgan fingerprint density at radius 2 is 1.93 bits per heavy atom. The van der Waals surface area contributed by atoms with E-state index in [1.54, 1.807) is 0 Å². The number of fused-ring (bicyclic) bond motifs is 3. The second kappa shape index (κ2) is 7.27. The van der Waals surface area contributed by atoms with Crippen molar-refractivity contribution in [1.82, 2.24) is 0 Å². The molecule has 2 aliphatic rings. The molecule has 2 aliphatic heterocycles. The average molecular weight is 413 g/mol. The Bertz CT molecular complexity index is 969. The lowest BCUT2D eigenvalue weighted by Gasteiger charge is -2.39. The van der Waals surface area contributed by atoms with Crippen molar-refractivity contribution in [2.24, 2.45) is 0 Å². The zero-order valence-corrected chi connectivity index (χ0v) is 18.2. The first kappa shape index (κ1) is 20.1. The normalized spacial score (nSPS) is 23.3. The Morgan fingerprint density at radius 3 is 2.59 bits per heavy atom. The number of hydrogen-bond acceptors (Lipinski definition) is 4. The third-order valence-corrected chi connectivity index (χ3v) is 6.74. The van der Waals surface area contributed by atoms with Gasteiger partial charge in [-0.15, -0.1) is 0 Å². The largest absolute Gasteiger partial charge is 0.378 e. The Kier molecular flexibility index (Phi) is 5.05. The van der Waals surface area contributed by atoms with Gasteiger partial charge in [0.25, 0.3) is 0 Å². The Balaban J connectivity index is 1.71. The first-order valence-corrected chi connectivity index (χ1v) is 11.1. The molecule has 0 amide bonds. The molecule has 4 rings (SSSR count). The molecule has 1 fully saturated rings. The van der Waals surface area contributed by atoms with Crippen LogP contribution in [0.15, 0.2) is 48.5 Å². The summed E-state index contributed by atoms with van der Waals surface area (Å²) < 4.78 is 26.9. The van der Waals surface area contributed by atoms with Gasteiger partial charge in [0.2, 0.25) is 0 Å². The van der Waals surface area contributed by atoms with E-state index in [9.17, 15) is 8.76 Å². The molecule has 2 heterocycles. The lowest BCUT2D eigenvalue weighted by Crippen LogP contribution is -2.51. The third-order valence-electron chi connectivity index (χ3n) is 6.16. The summed E-state index contributed by atoms with van der Waals surface area (Å²) in [5.74, 6) is 0.144. The molecule has 6 heteroatoms. The van der Waals surface area contributed by atoms with E-state index in [-0.39, 0.29) is 11.2 Å².